The lowest BCUT2D eigenvalue weighted by atomic mass is 10.3. The first-order valence-electron chi connectivity index (χ1n) is 5.47. The van der Waals surface area contributed by atoms with Crippen LogP contribution in [0.4, 0.5) is 10.1 Å². The van der Waals surface area contributed by atoms with E-state index in [4.69, 9.17) is 17.3 Å². The third-order valence-electron chi connectivity index (χ3n) is 2.42. The molecular formula is C12H11ClFN3OS. The topological polar surface area (TPSA) is 68.9 Å². The molecule has 4 nitrogen and oxygen atoms in total. The molecule has 19 heavy (non-hydrogen) atoms. The lowest BCUT2D eigenvalue weighted by Crippen LogP contribution is -1.90. The Kier molecular flexibility index (Phi) is 4.44. The number of halogens is 2. The number of rotatable bonds is 0. The molecule has 1 unspecified atom stereocenters. The third-order valence-corrected chi connectivity index (χ3v) is 4.01. The monoisotopic (exact) mass is 299 g/mol. The number of nitrogen functional groups attached to an aromatic ring is 1. The number of anilines is 1. The molecule has 1 aliphatic heterocycles. The molecule has 7 heteroatoms. The molecule has 0 saturated carbocycles. The van der Waals surface area contributed by atoms with Gasteiger partial charge in [0.1, 0.15) is 5.82 Å². The molecule has 1 atom stereocenters. The molecule has 3 rings (SSSR count). The van der Waals surface area contributed by atoms with Gasteiger partial charge in [0.05, 0.1) is 21.4 Å². The summed E-state index contributed by atoms with van der Waals surface area (Å²) in [5.74, 6) is 0.370. The predicted molar refractivity (Wildman–Crippen MR) is 72.8 cm³/mol. The minimum Gasteiger partial charge on any atom is -0.399 e. The smallest absolute Gasteiger partial charge is 0.222 e. The fourth-order valence-corrected chi connectivity index (χ4v) is 2.89. The number of hydrogen-bond donors (Lipinski definition) is 1. The number of hydrogen-bond acceptors (Lipinski definition) is 4. The van der Waals surface area contributed by atoms with Gasteiger partial charge in [-0.3, -0.25) is 4.21 Å². The second-order valence-electron chi connectivity index (χ2n) is 3.80. The Morgan fingerprint density at radius 3 is 2.84 bits per heavy atom. The van der Waals surface area contributed by atoms with Crippen molar-refractivity contribution in [2.45, 2.75) is 11.3 Å². The SMILES string of the molecule is Nc1cccc(F)c1.O=S1CCc2nc(Cl)ncc21. The lowest BCUT2D eigenvalue weighted by Gasteiger charge is -1.93. The molecule has 0 aliphatic carbocycles. The van der Waals surface area contributed by atoms with Crippen molar-refractivity contribution in [2.75, 3.05) is 11.5 Å². The van der Waals surface area contributed by atoms with E-state index in [9.17, 15) is 8.60 Å². The van der Waals surface area contributed by atoms with Gasteiger partial charge in [0.15, 0.2) is 0 Å². The molecule has 0 radical (unpaired) electrons. The average Bonchev–Trinajstić information content (AvgIpc) is 2.71. The first-order chi connectivity index (χ1) is 9.06. The Hall–Kier alpha value is -1.53. The van der Waals surface area contributed by atoms with Gasteiger partial charge >= 0.3 is 0 Å². The maximum absolute atomic E-state index is 12.1. The van der Waals surface area contributed by atoms with Gasteiger partial charge in [-0.1, -0.05) is 6.07 Å². The van der Waals surface area contributed by atoms with Gasteiger partial charge in [0, 0.05) is 24.1 Å². The van der Waals surface area contributed by atoms with Crippen LogP contribution < -0.4 is 5.73 Å². The molecule has 2 N–H and O–H groups in total. The van der Waals surface area contributed by atoms with E-state index in [1.165, 1.54) is 12.1 Å². The molecule has 2 aromatic rings. The first-order valence-corrected chi connectivity index (χ1v) is 7.17. The van der Waals surface area contributed by atoms with E-state index in [1.807, 2.05) is 0 Å². The van der Waals surface area contributed by atoms with Crippen LogP contribution in [0, 0.1) is 5.82 Å². The van der Waals surface area contributed by atoms with Gasteiger partial charge in [-0.05, 0) is 29.8 Å². The fourth-order valence-electron chi connectivity index (χ4n) is 1.56. The Bertz CT molecular complexity index is 606. The van der Waals surface area contributed by atoms with E-state index in [1.54, 1.807) is 18.3 Å². The van der Waals surface area contributed by atoms with Gasteiger partial charge in [0.25, 0.3) is 0 Å². The maximum atomic E-state index is 12.1. The molecule has 100 valence electrons. The number of aromatic nitrogens is 2. The zero-order valence-electron chi connectivity index (χ0n) is 9.85. The van der Waals surface area contributed by atoms with Gasteiger partial charge < -0.3 is 5.73 Å². The number of nitrogens with zero attached hydrogens (tertiary/aromatic N) is 2. The standard InChI is InChI=1S/C6H5ClN2OS.C6H6FN/c7-6-8-3-5-4(9-6)1-2-11(5)10;7-5-2-1-3-6(8)4-5/h3H,1-2H2;1-4H,8H2. The van der Waals surface area contributed by atoms with Gasteiger partial charge in [-0.25, -0.2) is 14.4 Å². The van der Waals surface area contributed by atoms with E-state index < -0.39 is 10.8 Å². The van der Waals surface area contributed by atoms with Crippen molar-refractivity contribution in [3.05, 3.63) is 47.3 Å². The summed E-state index contributed by atoms with van der Waals surface area (Å²) < 4.78 is 23.3. The molecule has 0 amide bonds. The highest BCUT2D eigenvalue weighted by atomic mass is 35.5. The number of fused-ring (bicyclic) bond motifs is 1. The summed E-state index contributed by atoms with van der Waals surface area (Å²) in [5.41, 5.74) is 6.52. The van der Waals surface area contributed by atoms with Crippen molar-refractivity contribution in [2.24, 2.45) is 0 Å². The lowest BCUT2D eigenvalue weighted by molar-refractivity contribution is 0.628. The van der Waals surface area contributed by atoms with Gasteiger partial charge in [0.2, 0.25) is 5.28 Å². The summed E-state index contributed by atoms with van der Waals surface area (Å²) in [7, 11) is -0.890. The van der Waals surface area contributed by atoms with Gasteiger partial charge in [-0.15, -0.1) is 0 Å². The molecule has 1 aromatic heterocycles. The zero-order chi connectivity index (χ0) is 13.8. The molecule has 0 saturated heterocycles. The highest BCUT2D eigenvalue weighted by molar-refractivity contribution is 7.85. The van der Waals surface area contributed by atoms with Crippen LogP contribution in [0.2, 0.25) is 5.28 Å². The van der Waals surface area contributed by atoms with Crippen molar-refractivity contribution in [3.8, 4) is 0 Å². The van der Waals surface area contributed by atoms with Crippen molar-refractivity contribution >= 4 is 28.1 Å². The summed E-state index contributed by atoms with van der Waals surface area (Å²) in [6.45, 7) is 0. The van der Waals surface area contributed by atoms with Crippen LogP contribution in [0.5, 0.6) is 0 Å². The number of benzene rings is 1. The zero-order valence-corrected chi connectivity index (χ0v) is 11.4. The number of nitrogens with two attached hydrogens (primary N) is 1. The van der Waals surface area contributed by atoms with Crippen LogP contribution in [0.1, 0.15) is 5.69 Å². The normalized spacial score (nSPS) is 16.4. The van der Waals surface area contributed by atoms with E-state index >= 15 is 0 Å². The Morgan fingerprint density at radius 2 is 2.21 bits per heavy atom. The van der Waals surface area contributed by atoms with Crippen LogP contribution in [0.25, 0.3) is 0 Å². The summed E-state index contributed by atoms with van der Waals surface area (Å²) >= 11 is 5.55. The van der Waals surface area contributed by atoms with Crippen LogP contribution >= 0.6 is 11.6 Å². The second kappa shape index (κ2) is 6.08. The van der Waals surface area contributed by atoms with E-state index in [0.29, 0.717) is 11.4 Å². The predicted octanol–water partition coefficient (Wildman–Crippen LogP) is 2.20. The first kappa shape index (κ1) is 13.9. The Labute approximate surface area is 117 Å². The molecular weight excluding hydrogens is 289 g/mol. The number of aryl methyl sites for hydroxylation is 1. The van der Waals surface area contributed by atoms with Crippen molar-refractivity contribution in [1.29, 1.82) is 0 Å². The van der Waals surface area contributed by atoms with Crippen LogP contribution in [-0.4, -0.2) is 19.9 Å². The van der Waals surface area contributed by atoms with E-state index in [0.717, 1.165) is 17.0 Å². The van der Waals surface area contributed by atoms with Crippen molar-refractivity contribution in [3.63, 3.8) is 0 Å². The Morgan fingerprint density at radius 1 is 1.42 bits per heavy atom. The largest absolute Gasteiger partial charge is 0.399 e. The van der Waals surface area contributed by atoms with Crippen LogP contribution in [-0.2, 0) is 17.2 Å². The molecule has 0 bridgehead atoms. The maximum Gasteiger partial charge on any atom is 0.222 e. The molecule has 2 heterocycles. The minimum absolute atomic E-state index is 0.239. The van der Waals surface area contributed by atoms with Gasteiger partial charge in [-0.2, -0.15) is 0 Å². The van der Waals surface area contributed by atoms with Crippen LogP contribution in [0.15, 0.2) is 35.4 Å². The molecule has 1 aliphatic rings. The average molecular weight is 300 g/mol. The fraction of sp³-hybridized carbons (Fsp3) is 0.167. The quantitative estimate of drug-likeness (QED) is 0.598. The van der Waals surface area contributed by atoms with Crippen molar-refractivity contribution < 1.29 is 8.60 Å². The Balaban J connectivity index is 0.000000148. The summed E-state index contributed by atoms with van der Waals surface area (Å²) in [4.78, 5) is 8.47. The highest BCUT2D eigenvalue weighted by Gasteiger charge is 2.19. The molecule has 0 fully saturated rings. The third kappa shape index (κ3) is 3.71. The van der Waals surface area contributed by atoms with Crippen molar-refractivity contribution in [1.82, 2.24) is 9.97 Å². The highest BCUT2D eigenvalue weighted by Crippen LogP contribution is 2.20. The van der Waals surface area contributed by atoms with E-state index in [-0.39, 0.29) is 11.1 Å². The summed E-state index contributed by atoms with van der Waals surface area (Å²) in [6, 6.07) is 5.85. The minimum atomic E-state index is -0.890. The summed E-state index contributed by atoms with van der Waals surface area (Å²) in [6.07, 6.45) is 2.30. The second-order valence-corrected chi connectivity index (χ2v) is 5.68. The summed E-state index contributed by atoms with van der Waals surface area (Å²) in [5, 5.41) is 0.239. The van der Waals surface area contributed by atoms with Crippen LogP contribution in [0.3, 0.4) is 0 Å². The molecule has 1 aromatic carbocycles. The van der Waals surface area contributed by atoms with E-state index in [2.05, 4.69) is 9.97 Å². The molecule has 0 spiro atoms.